The zero-order valence-electron chi connectivity index (χ0n) is 17.9. The number of carbonyl (C=O) groups excluding carboxylic acids is 2. The number of benzene rings is 2. The van der Waals surface area contributed by atoms with Crippen molar-refractivity contribution in [3.63, 3.8) is 0 Å². The maximum Gasteiger partial charge on any atom is 0.344 e. The first-order chi connectivity index (χ1) is 15.4. The zero-order chi connectivity index (χ0) is 23.5. The first-order valence-electron chi connectivity index (χ1n) is 9.73. The van der Waals surface area contributed by atoms with Crippen molar-refractivity contribution in [1.82, 2.24) is 0 Å². The normalized spacial score (nSPS) is 10.7. The highest BCUT2D eigenvalue weighted by Gasteiger charge is 2.15. The fourth-order valence-corrected chi connectivity index (χ4v) is 3.42. The number of nitrogens with one attached hydrogen (secondary N) is 1. The van der Waals surface area contributed by atoms with Gasteiger partial charge in [-0.05, 0) is 72.3 Å². The third-order valence-electron chi connectivity index (χ3n) is 3.97. The average molecular weight is 550 g/mol. The van der Waals surface area contributed by atoms with Crippen LogP contribution in [0.2, 0.25) is 0 Å². The lowest BCUT2D eigenvalue weighted by molar-refractivity contribution is -0.145. The van der Waals surface area contributed by atoms with Crippen LogP contribution in [0, 0.1) is 14.9 Å². The van der Waals surface area contributed by atoms with Crippen molar-refractivity contribution in [2.45, 2.75) is 13.8 Å². The molecule has 0 bridgehead atoms. The largest absolute Gasteiger partial charge is 0.494 e. The molecule has 9 heteroatoms. The molecule has 0 radical (unpaired) electrons. The molecule has 8 nitrogen and oxygen atoms in total. The van der Waals surface area contributed by atoms with E-state index in [9.17, 15) is 14.9 Å². The molecule has 0 aliphatic heterocycles. The lowest BCUT2D eigenvalue weighted by Gasteiger charge is -2.13. The minimum atomic E-state index is -0.558. The maximum atomic E-state index is 12.6. The highest BCUT2D eigenvalue weighted by Crippen LogP contribution is 2.34. The predicted molar refractivity (Wildman–Crippen MR) is 128 cm³/mol. The maximum absolute atomic E-state index is 12.6. The van der Waals surface area contributed by atoms with E-state index in [2.05, 4.69) is 5.32 Å². The molecule has 2 aromatic carbocycles. The van der Waals surface area contributed by atoms with Gasteiger partial charge in [-0.15, -0.1) is 0 Å². The van der Waals surface area contributed by atoms with E-state index in [4.69, 9.17) is 18.9 Å². The van der Waals surface area contributed by atoms with Crippen LogP contribution in [-0.4, -0.2) is 38.8 Å². The Bertz CT molecular complexity index is 1050. The van der Waals surface area contributed by atoms with Crippen LogP contribution in [0.3, 0.4) is 0 Å². The van der Waals surface area contributed by atoms with Gasteiger partial charge in [0.1, 0.15) is 17.4 Å². The van der Waals surface area contributed by atoms with Crippen LogP contribution in [-0.2, 0) is 14.3 Å². The van der Waals surface area contributed by atoms with Gasteiger partial charge in [-0.3, -0.25) is 4.79 Å². The van der Waals surface area contributed by atoms with Crippen LogP contribution in [0.4, 0.5) is 5.69 Å². The molecule has 0 unspecified atom stereocenters. The van der Waals surface area contributed by atoms with Crippen molar-refractivity contribution in [2.75, 3.05) is 32.2 Å². The lowest BCUT2D eigenvalue weighted by Crippen LogP contribution is -2.15. The highest BCUT2D eigenvalue weighted by molar-refractivity contribution is 14.1. The summed E-state index contributed by atoms with van der Waals surface area (Å²) in [5.41, 5.74) is 0.978. The first kappa shape index (κ1) is 25.0. The minimum Gasteiger partial charge on any atom is -0.494 e. The summed E-state index contributed by atoms with van der Waals surface area (Å²) < 4.78 is 21.8. The van der Waals surface area contributed by atoms with Crippen molar-refractivity contribution in [1.29, 1.82) is 5.26 Å². The SMILES string of the molecule is CCOC(=O)COc1c(I)cc(/C=C(/C#N)C(=O)Nc2cccc(OCC)c2)cc1OC. The Kier molecular flexibility index (Phi) is 9.81. The average Bonchev–Trinajstić information content (AvgIpc) is 2.77. The molecule has 2 rings (SSSR count). The van der Waals surface area contributed by atoms with Gasteiger partial charge < -0.3 is 24.3 Å². The van der Waals surface area contributed by atoms with Crippen molar-refractivity contribution in [2.24, 2.45) is 0 Å². The van der Waals surface area contributed by atoms with Crippen molar-refractivity contribution in [3.8, 4) is 23.3 Å². The van der Waals surface area contributed by atoms with E-state index in [1.807, 2.05) is 35.6 Å². The number of methoxy groups -OCH3 is 1. The number of anilines is 1. The van der Waals surface area contributed by atoms with E-state index in [1.54, 1.807) is 43.3 Å². The molecule has 2 aromatic rings. The van der Waals surface area contributed by atoms with Crippen LogP contribution in [0.1, 0.15) is 19.4 Å². The number of hydrogen-bond donors (Lipinski definition) is 1. The Morgan fingerprint density at radius 1 is 1.16 bits per heavy atom. The van der Waals surface area contributed by atoms with Gasteiger partial charge in [-0.2, -0.15) is 5.26 Å². The molecule has 168 valence electrons. The Hall–Kier alpha value is -3.26. The van der Waals surface area contributed by atoms with Crippen molar-refractivity contribution in [3.05, 3.63) is 51.1 Å². The van der Waals surface area contributed by atoms with Gasteiger partial charge in [0.25, 0.3) is 5.91 Å². The topological polar surface area (TPSA) is 107 Å². The molecule has 1 amide bonds. The quantitative estimate of drug-likeness (QED) is 0.205. The predicted octanol–water partition coefficient (Wildman–Crippen LogP) is 4.19. The van der Waals surface area contributed by atoms with Crippen LogP contribution in [0.25, 0.3) is 6.08 Å². The molecule has 0 atom stereocenters. The second-order valence-electron chi connectivity index (χ2n) is 6.21. The summed E-state index contributed by atoms with van der Waals surface area (Å²) in [5.74, 6) is 0.290. The molecular formula is C23H23IN2O6. The summed E-state index contributed by atoms with van der Waals surface area (Å²) in [5, 5.41) is 12.2. The molecule has 0 spiro atoms. The second-order valence-corrected chi connectivity index (χ2v) is 7.37. The van der Waals surface area contributed by atoms with Gasteiger partial charge >= 0.3 is 5.97 Å². The van der Waals surface area contributed by atoms with Crippen LogP contribution < -0.4 is 19.5 Å². The van der Waals surface area contributed by atoms with E-state index in [0.29, 0.717) is 38.7 Å². The Labute approximate surface area is 200 Å². The zero-order valence-corrected chi connectivity index (χ0v) is 20.1. The van der Waals surface area contributed by atoms with E-state index in [-0.39, 0.29) is 18.8 Å². The summed E-state index contributed by atoms with van der Waals surface area (Å²) in [6.45, 7) is 4.07. The monoisotopic (exact) mass is 550 g/mol. The van der Waals surface area contributed by atoms with Crippen molar-refractivity contribution < 1.29 is 28.5 Å². The standard InChI is InChI=1S/C23H23IN2O6/c1-4-30-18-8-6-7-17(12-18)26-23(28)16(13-25)9-15-10-19(24)22(20(11-15)29-3)32-14-21(27)31-5-2/h6-12H,4-5,14H2,1-3H3,(H,26,28)/b16-9-. The minimum absolute atomic E-state index is 0.0927. The summed E-state index contributed by atoms with van der Waals surface area (Å²) in [6.07, 6.45) is 1.45. The summed E-state index contributed by atoms with van der Waals surface area (Å²) >= 11 is 2.03. The van der Waals surface area contributed by atoms with E-state index in [0.717, 1.165) is 0 Å². The number of ether oxygens (including phenoxy) is 4. The number of halogens is 1. The molecule has 0 saturated heterocycles. The molecule has 0 heterocycles. The van der Waals surface area contributed by atoms with E-state index >= 15 is 0 Å². The smallest absolute Gasteiger partial charge is 0.344 e. The number of nitriles is 1. The molecule has 0 aliphatic rings. The van der Waals surface area contributed by atoms with Gasteiger partial charge in [0.05, 0.1) is 23.9 Å². The molecule has 32 heavy (non-hydrogen) atoms. The summed E-state index contributed by atoms with van der Waals surface area (Å²) in [6, 6.07) is 12.2. The van der Waals surface area contributed by atoms with Gasteiger partial charge in [0.2, 0.25) is 0 Å². The fourth-order valence-electron chi connectivity index (χ4n) is 2.64. The van der Waals surface area contributed by atoms with Crippen LogP contribution in [0.15, 0.2) is 42.0 Å². The van der Waals surface area contributed by atoms with Gasteiger partial charge in [0, 0.05) is 11.8 Å². The third-order valence-corrected chi connectivity index (χ3v) is 4.77. The highest BCUT2D eigenvalue weighted by atomic mass is 127. The lowest BCUT2D eigenvalue weighted by atomic mass is 10.1. The number of hydrogen-bond acceptors (Lipinski definition) is 7. The number of nitrogens with zero attached hydrogens (tertiary/aromatic N) is 1. The van der Waals surface area contributed by atoms with E-state index in [1.165, 1.54) is 13.2 Å². The molecule has 0 aliphatic carbocycles. The van der Waals surface area contributed by atoms with Crippen LogP contribution >= 0.6 is 22.6 Å². The summed E-state index contributed by atoms with van der Waals surface area (Å²) in [4.78, 5) is 24.2. The second kappa shape index (κ2) is 12.6. The van der Waals surface area contributed by atoms with Crippen LogP contribution in [0.5, 0.6) is 17.2 Å². The van der Waals surface area contributed by atoms with Gasteiger partial charge in [-0.25, -0.2) is 4.79 Å². The molecule has 1 N–H and O–H groups in total. The van der Waals surface area contributed by atoms with E-state index < -0.39 is 11.9 Å². The number of amides is 1. The first-order valence-corrected chi connectivity index (χ1v) is 10.8. The van der Waals surface area contributed by atoms with Gasteiger partial charge in [-0.1, -0.05) is 6.07 Å². The molecule has 0 saturated carbocycles. The number of rotatable bonds is 10. The fraction of sp³-hybridized carbons (Fsp3) is 0.261. The van der Waals surface area contributed by atoms with Gasteiger partial charge in [0.15, 0.2) is 18.1 Å². The molecule has 0 fully saturated rings. The Morgan fingerprint density at radius 2 is 1.94 bits per heavy atom. The number of esters is 1. The van der Waals surface area contributed by atoms with Crippen molar-refractivity contribution >= 4 is 46.2 Å². The summed E-state index contributed by atoms with van der Waals surface area (Å²) in [7, 11) is 1.46. The number of carbonyl (C=O) groups is 2. The molecular weight excluding hydrogens is 527 g/mol. The third kappa shape index (κ3) is 7.16. The molecule has 0 aromatic heterocycles. The Balaban J connectivity index is 2.23. The Morgan fingerprint density at radius 3 is 2.59 bits per heavy atom.